The predicted octanol–water partition coefficient (Wildman–Crippen LogP) is 5.09. The van der Waals surface area contributed by atoms with Crippen LogP contribution in [0, 0.1) is 20.8 Å². The molecule has 0 aliphatic rings. The lowest BCUT2D eigenvalue weighted by Crippen LogP contribution is -2.28. The van der Waals surface area contributed by atoms with E-state index >= 15 is 0 Å². The van der Waals surface area contributed by atoms with Gasteiger partial charge in [0.15, 0.2) is 0 Å². The van der Waals surface area contributed by atoms with E-state index in [0.29, 0.717) is 10.6 Å². The number of amides is 1. The van der Waals surface area contributed by atoms with Crippen molar-refractivity contribution < 1.29 is 28.3 Å². The second-order valence-corrected chi connectivity index (χ2v) is 5.92. The van der Waals surface area contributed by atoms with Crippen LogP contribution in [0.2, 0.25) is 0 Å². The molecule has 0 spiro atoms. The second-order valence-electron chi connectivity index (χ2n) is 5.92. The highest BCUT2D eigenvalue weighted by Gasteiger charge is 2.20. The van der Waals surface area contributed by atoms with E-state index in [0.717, 1.165) is 23.8 Å². The Kier molecular flexibility index (Phi) is 6.15. The van der Waals surface area contributed by atoms with Crippen molar-refractivity contribution in [1.82, 2.24) is 0 Å². The molecule has 1 N–H and O–H groups in total. The maximum absolute atomic E-state index is 13.3. The number of halogens is 2. The zero-order valence-corrected chi connectivity index (χ0v) is 15.0. The van der Waals surface area contributed by atoms with E-state index in [1.807, 2.05) is 6.92 Å². The largest absolute Gasteiger partial charge is 0.488 e. The number of ether oxygens (including phenoxy) is 2. The van der Waals surface area contributed by atoms with E-state index < -0.39 is 12.5 Å². The Morgan fingerprint density at radius 1 is 1.15 bits per heavy atom. The van der Waals surface area contributed by atoms with Crippen LogP contribution in [0.3, 0.4) is 0 Å². The summed E-state index contributed by atoms with van der Waals surface area (Å²) in [7, 11) is 1.14. The summed E-state index contributed by atoms with van der Waals surface area (Å²) in [6, 6.07) is 7.90. The van der Waals surface area contributed by atoms with Gasteiger partial charge in [0.05, 0.1) is 18.4 Å². The number of methoxy groups -OCH3 is 1. The minimum atomic E-state index is -2.68. The van der Waals surface area contributed by atoms with Crippen LogP contribution in [0.4, 0.5) is 19.3 Å². The van der Waals surface area contributed by atoms with Gasteiger partial charge in [0.25, 0.3) is 6.43 Å². The molecule has 0 aliphatic carbocycles. The number of anilines is 1. The number of benzene rings is 2. The molecule has 2 rings (SSSR count). The molecule has 0 bridgehead atoms. The van der Waals surface area contributed by atoms with E-state index in [1.165, 1.54) is 12.1 Å². The number of rotatable bonds is 5. The van der Waals surface area contributed by atoms with Crippen molar-refractivity contribution in [3.05, 3.63) is 58.1 Å². The van der Waals surface area contributed by atoms with E-state index in [1.54, 1.807) is 32.0 Å². The van der Waals surface area contributed by atoms with Gasteiger partial charge in [0.1, 0.15) is 12.4 Å². The normalized spacial score (nSPS) is 10.8. The van der Waals surface area contributed by atoms with Crippen molar-refractivity contribution in [2.24, 2.45) is 0 Å². The third-order valence-corrected chi connectivity index (χ3v) is 4.19. The summed E-state index contributed by atoms with van der Waals surface area (Å²) >= 11 is 0. The fourth-order valence-electron chi connectivity index (χ4n) is 2.52. The summed E-state index contributed by atoms with van der Waals surface area (Å²) < 4.78 is 36.8. The van der Waals surface area contributed by atoms with Crippen LogP contribution in [-0.4, -0.2) is 18.4 Å². The minimum absolute atomic E-state index is 0.0693. The summed E-state index contributed by atoms with van der Waals surface area (Å²) in [5.74, 6) is 0.0693. The molecule has 0 fully saturated rings. The molecule has 0 aromatic heterocycles. The van der Waals surface area contributed by atoms with Gasteiger partial charge in [-0.25, -0.2) is 13.6 Å². The van der Waals surface area contributed by atoms with Gasteiger partial charge in [-0.15, -0.1) is 0 Å². The zero-order valence-electron chi connectivity index (χ0n) is 15.0. The number of hydrogen-bond donors (Lipinski definition) is 1. The van der Waals surface area contributed by atoms with Crippen molar-refractivity contribution in [3.8, 4) is 5.75 Å². The van der Waals surface area contributed by atoms with Crippen LogP contribution in [-0.2, 0) is 11.3 Å². The lowest BCUT2D eigenvalue weighted by atomic mass is 10.0. The molecule has 0 unspecified atom stereocenters. The number of hydrogen-bond acceptors (Lipinski definition) is 4. The molecule has 140 valence electrons. The maximum Gasteiger partial charge on any atom is 0.438 e. The number of carbonyl (C=O) groups is 1. The van der Waals surface area contributed by atoms with Gasteiger partial charge in [-0.05, 0) is 55.7 Å². The topological polar surface area (TPSA) is 59.0 Å². The molecule has 0 saturated heterocycles. The van der Waals surface area contributed by atoms with Crippen molar-refractivity contribution in [3.63, 3.8) is 0 Å². The Labute approximate surface area is 150 Å². The first-order valence-corrected chi connectivity index (χ1v) is 7.93. The van der Waals surface area contributed by atoms with Gasteiger partial charge in [0, 0.05) is 5.56 Å². The minimum Gasteiger partial charge on any atom is -0.488 e. The lowest BCUT2D eigenvalue weighted by Gasteiger charge is -2.20. The quantitative estimate of drug-likeness (QED) is 0.592. The number of aryl methyl sites for hydroxylation is 3. The Bertz CT molecular complexity index is 808. The first-order chi connectivity index (χ1) is 12.3. The third-order valence-electron chi connectivity index (χ3n) is 4.19. The number of alkyl halides is 2. The average molecular weight is 365 g/mol. The Balaban J connectivity index is 2.36. The van der Waals surface area contributed by atoms with E-state index in [2.05, 4.69) is 4.74 Å². The maximum atomic E-state index is 13.3. The molecule has 26 heavy (non-hydrogen) atoms. The fraction of sp³-hybridized carbons (Fsp3) is 0.316. The molecule has 0 radical (unpaired) electrons. The molecule has 0 aliphatic heterocycles. The van der Waals surface area contributed by atoms with Gasteiger partial charge in [-0.2, -0.15) is 5.06 Å². The molecule has 5 nitrogen and oxygen atoms in total. The lowest BCUT2D eigenvalue weighted by molar-refractivity contribution is 0.140. The van der Waals surface area contributed by atoms with Crippen LogP contribution < -0.4 is 9.80 Å². The summed E-state index contributed by atoms with van der Waals surface area (Å²) in [6.45, 7) is 5.23. The Morgan fingerprint density at radius 3 is 2.42 bits per heavy atom. The molecular formula is C19H21F2NO4. The van der Waals surface area contributed by atoms with E-state index in [4.69, 9.17) is 4.74 Å². The second kappa shape index (κ2) is 8.14. The standard InChI is InChI=1S/C19H21F2NO4/c1-11-6-5-7-16(22(24)19(23)25-4)15(11)10-26-17-9-13(3)12(2)8-14(17)18(20)21/h5-9,18,24H,10H2,1-4H3. The first kappa shape index (κ1) is 19.7. The molecule has 2 aromatic carbocycles. The Hall–Kier alpha value is -2.67. The van der Waals surface area contributed by atoms with Crippen LogP contribution in [0.25, 0.3) is 0 Å². The van der Waals surface area contributed by atoms with Crippen LogP contribution in [0.5, 0.6) is 5.75 Å². The SMILES string of the molecule is COC(=O)N(O)c1cccc(C)c1COc1cc(C)c(C)cc1C(F)F. The smallest absolute Gasteiger partial charge is 0.438 e. The molecule has 0 heterocycles. The van der Waals surface area contributed by atoms with Gasteiger partial charge in [0.2, 0.25) is 0 Å². The van der Waals surface area contributed by atoms with Crippen molar-refractivity contribution in [2.45, 2.75) is 33.8 Å². The van der Waals surface area contributed by atoms with Crippen molar-refractivity contribution in [2.75, 3.05) is 12.2 Å². The van der Waals surface area contributed by atoms with Gasteiger partial charge in [-0.3, -0.25) is 5.21 Å². The highest BCUT2D eigenvalue weighted by Crippen LogP contribution is 2.33. The number of hydroxylamine groups is 1. The van der Waals surface area contributed by atoms with Crippen LogP contribution in [0.15, 0.2) is 30.3 Å². The van der Waals surface area contributed by atoms with Crippen molar-refractivity contribution in [1.29, 1.82) is 0 Å². The first-order valence-electron chi connectivity index (χ1n) is 7.93. The Morgan fingerprint density at radius 2 is 1.81 bits per heavy atom. The average Bonchev–Trinajstić information content (AvgIpc) is 2.61. The molecule has 1 amide bonds. The van der Waals surface area contributed by atoms with Gasteiger partial charge in [-0.1, -0.05) is 12.1 Å². The van der Waals surface area contributed by atoms with Gasteiger partial charge >= 0.3 is 6.09 Å². The number of carbonyl (C=O) groups excluding carboxylic acids is 1. The van der Waals surface area contributed by atoms with Gasteiger partial charge < -0.3 is 9.47 Å². The highest BCUT2D eigenvalue weighted by molar-refractivity contribution is 5.86. The third kappa shape index (κ3) is 4.11. The van der Waals surface area contributed by atoms with Crippen LogP contribution in [0.1, 0.15) is 34.2 Å². The van der Waals surface area contributed by atoms with Crippen molar-refractivity contribution >= 4 is 11.8 Å². The molecular weight excluding hydrogens is 344 g/mol. The zero-order chi connectivity index (χ0) is 19.4. The highest BCUT2D eigenvalue weighted by atomic mass is 19.3. The summed E-state index contributed by atoms with van der Waals surface area (Å²) in [4.78, 5) is 11.6. The number of nitrogens with zero attached hydrogens (tertiary/aromatic N) is 1. The summed E-state index contributed by atoms with van der Waals surface area (Å²) in [5.41, 5.74) is 2.76. The van der Waals surface area contributed by atoms with E-state index in [-0.39, 0.29) is 23.6 Å². The molecule has 2 aromatic rings. The van der Waals surface area contributed by atoms with Crippen LogP contribution >= 0.6 is 0 Å². The summed E-state index contributed by atoms with van der Waals surface area (Å²) in [5, 5.41) is 10.4. The predicted molar refractivity (Wildman–Crippen MR) is 93.1 cm³/mol. The van der Waals surface area contributed by atoms with E-state index in [9.17, 15) is 18.8 Å². The molecule has 0 saturated carbocycles. The summed E-state index contributed by atoms with van der Waals surface area (Å²) in [6.07, 6.45) is -3.64. The molecule has 7 heteroatoms. The monoisotopic (exact) mass is 365 g/mol. The molecule has 0 atom stereocenters. The fourth-order valence-corrected chi connectivity index (χ4v) is 2.52.